The van der Waals surface area contributed by atoms with Gasteiger partial charge in [-0.1, -0.05) is 12.1 Å². The highest BCUT2D eigenvalue weighted by Gasteiger charge is 2.07. The van der Waals surface area contributed by atoms with E-state index in [2.05, 4.69) is 4.72 Å². The first-order valence-corrected chi connectivity index (χ1v) is 6.32. The van der Waals surface area contributed by atoms with Crippen molar-refractivity contribution in [2.45, 2.75) is 0 Å². The monoisotopic (exact) mass is 230 g/mol. The number of nitrogens with two attached hydrogens (primary N) is 1. The number of anilines is 1. The van der Waals surface area contributed by atoms with E-state index in [9.17, 15) is 8.42 Å². The second-order valence-corrected chi connectivity index (χ2v) is 4.76. The molecule has 3 N–H and O–H groups in total. The summed E-state index contributed by atoms with van der Waals surface area (Å²) in [5.74, 6) is 0.480. The number of para-hydroxylation sites is 2. The number of ether oxygens (including phenoxy) is 1. The van der Waals surface area contributed by atoms with Crippen molar-refractivity contribution in [1.29, 1.82) is 0 Å². The summed E-state index contributed by atoms with van der Waals surface area (Å²) in [5.41, 5.74) is 5.71. The molecule has 0 saturated heterocycles. The van der Waals surface area contributed by atoms with Crippen LogP contribution in [0.2, 0.25) is 0 Å². The lowest BCUT2D eigenvalue weighted by atomic mass is 10.3. The third-order valence-electron chi connectivity index (χ3n) is 1.56. The van der Waals surface area contributed by atoms with Crippen LogP contribution in [0.5, 0.6) is 5.75 Å². The van der Waals surface area contributed by atoms with Gasteiger partial charge in [0, 0.05) is 6.54 Å². The van der Waals surface area contributed by atoms with Crippen LogP contribution in [0.25, 0.3) is 0 Å². The first-order chi connectivity index (χ1) is 7.03. The number of rotatable bonds is 5. The van der Waals surface area contributed by atoms with Crippen molar-refractivity contribution in [2.24, 2.45) is 5.73 Å². The normalized spacial score (nSPS) is 11.1. The highest BCUT2D eigenvalue weighted by atomic mass is 32.2. The van der Waals surface area contributed by atoms with Gasteiger partial charge >= 0.3 is 0 Å². The largest absolute Gasteiger partial charge is 0.490 e. The zero-order valence-electron chi connectivity index (χ0n) is 8.43. The standard InChI is InChI=1S/C9H14N2O3S/c1-15(12,13)11-8-4-2-3-5-9(8)14-7-6-10/h2-5,11H,6-7,10H2,1H3. The minimum absolute atomic E-state index is 0.350. The first-order valence-electron chi connectivity index (χ1n) is 4.42. The summed E-state index contributed by atoms with van der Waals surface area (Å²) in [6.45, 7) is 0.732. The van der Waals surface area contributed by atoms with Crippen molar-refractivity contribution >= 4 is 15.7 Å². The lowest BCUT2D eigenvalue weighted by Gasteiger charge is -2.10. The van der Waals surface area contributed by atoms with Gasteiger partial charge in [0.05, 0.1) is 11.9 Å². The molecule has 0 aliphatic heterocycles. The maximum absolute atomic E-state index is 11.0. The first kappa shape index (κ1) is 11.8. The Hall–Kier alpha value is -1.27. The Morgan fingerprint density at radius 1 is 1.40 bits per heavy atom. The summed E-state index contributed by atoms with van der Waals surface area (Å²) in [7, 11) is -3.29. The highest BCUT2D eigenvalue weighted by molar-refractivity contribution is 7.92. The van der Waals surface area contributed by atoms with Crippen LogP contribution in [0.3, 0.4) is 0 Å². The van der Waals surface area contributed by atoms with Crippen molar-refractivity contribution in [3.63, 3.8) is 0 Å². The fourth-order valence-electron chi connectivity index (χ4n) is 1.05. The molecule has 15 heavy (non-hydrogen) atoms. The summed E-state index contributed by atoms with van der Waals surface area (Å²) in [4.78, 5) is 0. The van der Waals surface area contributed by atoms with Gasteiger partial charge in [0.15, 0.2) is 0 Å². The quantitative estimate of drug-likeness (QED) is 0.767. The van der Waals surface area contributed by atoms with Crippen LogP contribution in [0, 0.1) is 0 Å². The van der Waals surface area contributed by atoms with Crippen LogP contribution in [0.15, 0.2) is 24.3 Å². The van der Waals surface area contributed by atoms with Crippen LogP contribution in [0.4, 0.5) is 5.69 Å². The molecule has 0 radical (unpaired) electrons. The molecule has 1 aromatic rings. The smallest absolute Gasteiger partial charge is 0.229 e. The predicted octanol–water partition coefficient (Wildman–Crippen LogP) is 0.396. The third kappa shape index (κ3) is 4.18. The minimum Gasteiger partial charge on any atom is -0.490 e. The number of sulfonamides is 1. The van der Waals surface area contributed by atoms with Crippen molar-refractivity contribution in [2.75, 3.05) is 24.1 Å². The van der Waals surface area contributed by atoms with Gasteiger partial charge in [-0.3, -0.25) is 4.72 Å². The maximum Gasteiger partial charge on any atom is 0.229 e. The molecule has 0 aliphatic rings. The van der Waals surface area contributed by atoms with E-state index >= 15 is 0 Å². The lowest BCUT2D eigenvalue weighted by molar-refractivity contribution is 0.330. The summed E-state index contributed by atoms with van der Waals surface area (Å²) in [6.07, 6.45) is 1.09. The van der Waals surface area contributed by atoms with E-state index in [1.54, 1.807) is 24.3 Å². The molecule has 0 unspecified atom stereocenters. The second-order valence-electron chi connectivity index (χ2n) is 3.01. The van der Waals surface area contributed by atoms with Gasteiger partial charge in [-0.15, -0.1) is 0 Å². The van der Waals surface area contributed by atoms with E-state index < -0.39 is 10.0 Å². The molecule has 1 aromatic carbocycles. The Bertz CT molecular complexity index is 417. The number of nitrogens with one attached hydrogen (secondary N) is 1. The van der Waals surface area contributed by atoms with Crippen LogP contribution in [-0.4, -0.2) is 27.8 Å². The molecular weight excluding hydrogens is 216 g/mol. The molecule has 0 spiro atoms. The summed E-state index contributed by atoms with van der Waals surface area (Å²) in [6, 6.07) is 6.80. The van der Waals surface area contributed by atoms with E-state index in [0.29, 0.717) is 24.6 Å². The van der Waals surface area contributed by atoms with Crippen molar-refractivity contribution in [3.8, 4) is 5.75 Å². The van der Waals surface area contributed by atoms with Crippen LogP contribution < -0.4 is 15.2 Å². The van der Waals surface area contributed by atoms with E-state index in [0.717, 1.165) is 6.26 Å². The zero-order valence-corrected chi connectivity index (χ0v) is 9.25. The molecule has 84 valence electrons. The average Bonchev–Trinajstić information content (AvgIpc) is 2.14. The van der Waals surface area contributed by atoms with Gasteiger partial charge in [-0.05, 0) is 12.1 Å². The molecule has 0 fully saturated rings. The van der Waals surface area contributed by atoms with Gasteiger partial charge in [0.2, 0.25) is 10.0 Å². The Labute approximate surface area is 89.3 Å². The topological polar surface area (TPSA) is 81.4 Å². The molecule has 0 amide bonds. The van der Waals surface area contributed by atoms with Crippen molar-refractivity contribution in [1.82, 2.24) is 0 Å². The molecule has 0 heterocycles. The molecule has 0 aromatic heterocycles. The molecular formula is C9H14N2O3S. The molecule has 0 bridgehead atoms. The van der Waals surface area contributed by atoms with E-state index in [1.807, 2.05) is 0 Å². The van der Waals surface area contributed by atoms with Crippen molar-refractivity contribution < 1.29 is 13.2 Å². The molecule has 5 nitrogen and oxygen atoms in total. The van der Waals surface area contributed by atoms with E-state index in [1.165, 1.54) is 0 Å². The fourth-order valence-corrected chi connectivity index (χ4v) is 1.61. The minimum atomic E-state index is -3.29. The third-order valence-corrected chi connectivity index (χ3v) is 2.15. The van der Waals surface area contributed by atoms with Gasteiger partial charge < -0.3 is 10.5 Å². The van der Waals surface area contributed by atoms with Gasteiger partial charge in [-0.2, -0.15) is 0 Å². The van der Waals surface area contributed by atoms with Gasteiger partial charge in [0.25, 0.3) is 0 Å². The summed E-state index contributed by atoms with van der Waals surface area (Å²) < 4.78 is 29.7. The number of hydrogen-bond donors (Lipinski definition) is 2. The van der Waals surface area contributed by atoms with E-state index in [-0.39, 0.29) is 0 Å². The highest BCUT2D eigenvalue weighted by Crippen LogP contribution is 2.24. The molecule has 0 aliphatic carbocycles. The average molecular weight is 230 g/mol. The van der Waals surface area contributed by atoms with E-state index in [4.69, 9.17) is 10.5 Å². The molecule has 1 rings (SSSR count). The summed E-state index contributed by atoms with van der Waals surface area (Å²) >= 11 is 0. The van der Waals surface area contributed by atoms with Crippen LogP contribution in [-0.2, 0) is 10.0 Å². The van der Waals surface area contributed by atoms with Crippen molar-refractivity contribution in [3.05, 3.63) is 24.3 Å². The Morgan fingerprint density at radius 2 is 2.07 bits per heavy atom. The summed E-state index contributed by atoms with van der Waals surface area (Å²) in [5, 5.41) is 0. The lowest BCUT2D eigenvalue weighted by Crippen LogP contribution is -2.14. The molecule has 0 atom stereocenters. The Morgan fingerprint density at radius 3 is 2.67 bits per heavy atom. The molecule has 0 saturated carbocycles. The Kier molecular flexibility index (Phi) is 3.93. The number of hydrogen-bond acceptors (Lipinski definition) is 4. The molecule has 6 heteroatoms. The van der Waals surface area contributed by atoms with Crippen LogP contribution in [0.1, 0.15) is 0 Å². The second kappa shape index (κ2) is 4.99. The Balaban J connectivity index is 2.86. The maximum atomic E-state index is 11.0. The van der Waals surface area contributed by atoms with Crippen LogP contribution >= 0.6 is 0 Å². The predicted molar refractivity (Wildman–Crippen MR) is 59.5 cm³/mol. The van der Waals surface area contributed by atoms with Gasteiger partial charge in [0.1, 0.15) is 12.4 Å². The van der Waals surface area contributed by atoms with Gasteiger partial charge in [-0.25, -0.2) is 8.42 Å². The zero-order chi connectivity index (χ0) is 11.3. The fraction of sp³-hybridized carbons (Fsp3) is 0.333. The number of benzene rings is 1. The SMILES string of the molecule is CS(=O)(=O)Nc1ccccc1OCCN.